The van der Waals surface area contributed by atoms with E-state index in [9.17, 15) is 0 Å². The van der Waals surface area contributed by atoms with E-state index >= 15 is 0 Å². The van der Waals surface area contributed by atoms with Crippen LogP contribution in [0.2, 0.25) is 0 Å². The zero-order chi connectivity index (χ0) is 21.3. The minimum atomic E-state index is 0.365. The van der Waals surface area contributed by atoms with Crippen molar-refractivity contribution in [3.63, 3.8) is 0 Å². The summed E-state index contributed by atoms with van der Waals surface area (Å²) in [5, 5.41) is 4.76. The number of fused-ring (bicyclic) bond motifs is 3. The number of likely N-dealkylation sites (tertiary alicyclic amines) is 1. The van der Waals surface area contributed by atoms with Gasteiger partial charge in [0.2, 0.25) is 0 Å². The number of aromatic nitrogens is 1. The molecule has 5 heteroatoms. The molecule has 0 radical (unpaired) electrons. The summed E-state index contributed by atoms with van der Waals surface area (Å²) in [4.78, 5) is 7.53. The van der Waals surface area contributed by atoms with Crippen molar-refractivity contribution in [2.45, 2.75) is 65.8 Å². The van der Waals surface area contributed by atoms with Gasteiger partial charge in [-0.2, -0.15) is 0 Å². The van der Waals surface area contributed by atoms with Gasteiger partial charge in [-0.3, -0.25) is 0 Å². The smallest absolute Gasteiger partial charge is 0.163 e. The first kappa shape index (κ1) is 21.2. The van der Waals surface area contributed by atoms with Crippen LogP contribution in [-0.4, -0.2) is 49.3 Å². The van der Waals surface area contributed by atoms with Crippen LogP contribution in [-0.2, 0) is 12.8 Å². The second kappa shape index (κ2) is 8.62. The average Bonchev–Trinajstić information content (AvgIpc) is 3.31. The summed E-state index contributed by atoms with van der Waals surface area (Å²) >= 11 is 0. The van der Waals surface area contributed by atoms with E-state index in [0.717, 1.165) is 48.6 Å². The summed E-state index contributed by atoms with van der Waals surface area (Å²) in [5.74, 6) is 2.65. The lowest BCUT2D eigenvalue weighted by atomic mass is 9.93. The van der Waals surface area contributed by atoms with Crippen molar-refractivity contribution in [1.29, 1.82) is 0 Å². The zero-order valence-electron chi connectivity index (χ0n) is 19.3. The summed E-state index contributed by atoms with van der Waals surface area (Å²) < 4.78 is 11.9. The SMILES string of the molecule is COc1cc2c3c(c(NC(C)C)nc2cc1OCCCN1CCC(C)(C)C1)CCC3. The molecule has 2 heterocycles. The van der Waals surface area contributed by atoms with Crippen LogP contribution >= 0.6 is 0 Å². The first-order valence-corrected chi connectivity index (χ1v) is 11.5. The lowest BCUT2D eigenvalue weighted by molar-refractivity contribution is 0.241. The highest BCUT2D eigenvalue weighted by Gasteiger charge is 2.28. The molecule has 1 N–H and O–H groups in total. The average molecular weight is 412 g/mol. The normalized spacial score (nSPS) is 18.2. The van der Waals surface area contributed by atoms with Crippen molar-refractivity contribution in [2.75, 3.05) is 38.7 Å². The Bertz CT molecular complexity index is 907. The molecule has 0 atom stereocenters. The van der Waals surface area contributed by atoms with Crippen molar-refractivity contribution in [3.05, 3.63) is 23.3 Å². The van der Waals surface area contributed by atoms with E-state index in [-0.39, 0.29) is 0 Å². The molecule has 1 aliphatic heterocycles. The second-order valence-corrected chi connectivity index (χ2v) is 9.98. The van der Waals surface area contributed by atoms with Crippen LogP contribution in [0, 0.1) is 5.41 Å². The van der Waals surface area contributed by atoms with Crippen LogP contribution in [0.3, 0.4) is 0 Å². The third-order valence-corrected chi connectivity index (χ3v) is 6.40. The molecular formula is C25H37N3O2. The summed E-state index contributed by atoms with van der Waals surface area (Å²) in [6.45, 7) is 13.2. The fraction of sp³-hybridized carbons (Fsp3) is 0.640. The van der Waals surface area contributed by atoms with Gasteiger partial charge in [-0.05, 0) is 75.1 Å². The number of benzene rings is 1. The van der Waals surface area contributed by atoms with E-state index in [4.69, 9.17) is 14.5 Å². The topological polar surface area (TPSA) is 46.6 Å². The first-order valence-electron chi connectivity index (χ1n) is 11.5. The number of hydrogen-bond acceptors (Lipinski definition) is 5. The van der Waals surface area contributed by atoms with E-state index in [1.165, 1.54) is 42.4 Å². The Morgan fingerprint density at radius 1 is 1.17 bits per heavy atom. The number of ether oxygens (including phenoxy) is 2. The number of aryl methyl sites for hydroxylation is 1. The molecule has 1 saturated heterocycles. The minimum Gasteiger partial charge on any atom is -0.493 e. The molecular weight excluding hydrogens is 374 g/mol. The van der Waals surface area contributed by atoms with Crippen LogP contribution in [0.15, 0.2) is 12.1 Å². The van der Waals surface area contributed by atoms with Crippen molar-refractivity contribution in [2.24, 2.45) is 5.41 Å². The predicted molar refractivity (Wildman–Crippen MR) is 124 cm³/mol. The van der Waals surface area contributed by atoms with Crippen LogP contribution in [0.5, 0.6) is 11.5 Å². The van der Waals surface area contributed by atoms with Gasteiger partial charge >= 0.3 is 0 Å². The highest BCUT2D eigenvalue weighted by molar-refractivity contribution is 5.89. The Balaban J connectivity index is 1.51. The first-order chi connectivity index (χ1) is 14.4. The maximum Gasteiger partial charge on any atom is 0.163 e. The molecule has 1 aromatic heterocycles. The number of rotatable bonds is 8. The Labute approximate surface area is 181 Å². The third-order valence-electron chi connectivity index (χ3n) is 6.40. The fourth-order valence-electron chi connectivity index (χ4n) is 4.92. The van der Waals surface area contributed by atoms with Crippen LogP contribution in [0.1, 0.15) is 58.1 Å². The fourth-order valence-corrected chi connectivity index (χ4v) is 4.92. The Kier molecular flexibility index (Phi) is 6.10. The molecule has 0 amide bonds. The van der Waals surface area contributed by atoms with Crippen LogP contribution in [0.4, 0.5) is 5.82 Å². The predicted octanol–water partition coefficient (Wildman–Crippen LogP) is 5.05. The summed E-state index contributed by atoms with van der Waals surface area (Å²) in [6.07, 6.45) is 5.71. The summed E-state index contributed by atoms with van der Waals surface area (Å²) in [7, 11) is 1.72. The van der Waals surface area contributed by atoms with E-state index < -0.39 is 0 Å². The Morgan fingerprint density at radius 2 is 1.97 bits per heavy atom. The second-order valence-electron chi connectivity index (χ2n) is 9.98. The van der Waals surface area contributed by atoms with Gasteiger partial charge in [-0.25, -0.2) is 4.98 Å². The summed E-state index contributed by atoms with van der Waals surface area (Å²) in [6, 6.07) is 4.56. The molecule has 1 fully saturated rings. The molecule has 164 valence electrons. The molecule has 0 bridgehead atoms. The lowest BCUT2D eigenvalue weighted by Crippen LogP contribution is -2.25. The van der Waals surface area contributed by atoms with Gasteiger partial charge in [-0.15, -0.1) is 0 Å². The Morgan fingerprint density at radius 3 is 2.67 bits per heavy atom. The zero-order valence-corrected chi connectivity index (χ0v) is 19.3. The molecule has 2 aliphatic rings. The standard InChI is InChI=1S/C25H37N3O2/c1-17(2)26-24-19-9-6-8-18(19)20-14-22(29-5)23(15-21(20)27-24)30-13-7-11-28-12-10-25(3,4)16-28/h14-15,17H,6-13,16H2,1-5H3,(H,26,27). The van der Waals surface area contributed by atoms with Gasteiger partial charge in [0.05, 0.1) is 19.2 Å². The van der Waals surface area contributed by atoms with Crippen molar-refractivity contribution >= 4 is 16.7 Å². The molecule has 0 spiro atoms. The largest absolute Gasteiger partial charge is 0.493 e. The van der Waals surface area contributed by atoms with Gasteiger partial charge < -0.3 is 19.7 Å². The molecule has 0 unspecified atom stereocenters. The van der Waals surface area contributed by atoms with Gasteiger partial charge in [0.25, 0.3) is 0 Å². The van der Waals surface area contributed by atoms with Gasteiger partial charge in [0.1, 0.15) is 5.82 Å². The number of methoxy groups -OCH3 is 1. The quantitative estimate of drug-likeness (QED) is 0.616. The summed E-state index contributed by atoms with van der Waals surface area (Å²) in [5.41, 5.74) is 4.25. The number of anilines is 1. The van der Waals surface area contributed by atoms with Gasteiger partial charge in [0, 0.05) is 30.6 Å². The highest BCUT2D eigenvalue weighted by atomic mass is 16.5. The van der Waals surface area contributed by atoms with E-state index in [1.54, 1.807) is 7.11 Å². The van der Waals surface area contributed by atoms with E-state index in [0.29, 0.717) is 18.1 Å². The molecule has 30 heavy (non-hydrogen) atoms. The number of hydrogen-bond donors (Lipinski definition) is 1. The van der Waals surface area contributed by atoms with Crippen molar-refractivity contribution in [1.82, 2.24) is 9.88 Å². The maximum atomic E-state index is 6.18. The van der Waals surface area contributed by atoms with E-state index in [2.05, 4.69) is 50.0 Å². The minimum absolute atomic E-state index is 0.365. The van der Waals surface area contributed by atoms with E-state index in [1.807, 2.05) is 0 Å². The van der Waals surface area contributed by atoms with Gasteiger partial charge in [0.15, 0.2) is 11.5 Å². The van der Waals surface area contributed by atoms with Crippen molar-refractivity contribution in [3.8, 4) is 11.5 Å². The number of nitrogens with one attached hydrogen (secondary N) is 1. The number of pyridine rings is 1. The number of nitrogens with zero attached hydrogens (tertiary/aromatic N) is 2. The molecule has 1 aromatic carbocycles. The van der Waals surface area contributed by atoms with Crippen LogP contribution < -0.4 is 14.8 Å². The molecule has 2 aromatic rings. The molecule has 5 nitrogen and oxygen atoms in total. The monoisotopic (exact) mass is 411 g/mol. The van der Waals surface area contributed by atoms with Crippen molar-refractivity contribution < 1.29 is 9.47 Å². The molecule has 1 aliphatic carbocycles. The van der Waals surface area contributed by atoms with Crippen LogP contribution in [0.25, 0.3) is 10.9 Å². The highest BCUT2D eigenvalue weighted by Crippen LogP contribution is 2.39. The maximum absolute atomic E-state index is 6.18. The third kappa shape index (κ3) is 4.51. The molecule has 4 rings (SSSR count). The van der Waals surface area contributed by atoms with Gasteiger partial charge in [-0.1, -0.05) is 13.8 Å². The molecule has 0 saturated carbocycles. The lowest BCUT2D eigenvalue weighted by Gasteiger charge is -2.20. The Hall–Kier alpha value is -2.01.